The van der Waals surface area contributed by atoms with E-state index in [2.05, 4.69) is 5.10 Å². The van der Waals surface area contributed by atoms with Crippen LogP contribution in [0.5, 0.6) is 0 Å². The lowest BCUT2D eigenvalue weighted by molar-refractivity contribution is -0.142. The Morgan fingerprint density at radius 2 is 2.12 bits per heavy atom. The number of aromatic nitrogens is 2. The van der Waals surface area contributed by atoms with E-state index in [0.717, 1.165) is 29.8 Å². The predicted octanol–water partition coefficient (Wildman–Crippen LogP) is 3.09. The van der Waals surface area contributed by atoms with E-state index >= 15 is 0 Å². The minimum atomic E-state index is -4.52. The Kier molecular flexibility index (Phi) is 5.04. The largest absolute Gasteiger partial charge is 0.433 e. The molecule has 5 nitrogen and oxygen atoms in total. The molecule has 8 heteroatoms. The molecule has 2 heterocycles. The third kappa shape index (κ3) is 3.75. The number of hydrogen-bond donors (Lipinski definition) is 1. The van der Waals surface area contributed by atoms with Crippen LogP contribution in [0.1, 0.15) is 35.8 Å². The SMILES string of the molecule is C[C@H](N)[C@@H]1CCCN(C(=O)c2cccc(-n3nccc3C(F)(F)F)c2)C1. The fourth-order valence-corrected chi connectivity index (χ4v) is 3.30. The number of nitrogens with two attached hydrogens (primary N) is 1. The summed E-state index contributed by atoms with van der Waals surface area (Å²) in [5.41, 5.74) is 5.63. The van der Waals surface area contributed by atoms with Crippen molar-refractivity contribution in [1.29, 1.82) is 0 Å². The van der Waals surface area contributed by atoms with Crippen molar-refractivity contribution in [3.05, 3.63) is 47.8 Å². The van der Waals surface area contributed by atoms with Gasteiger partial charge in [0.25, 0.3) is 5.91 Å². The predicted molar refractivity (Wildman–Crippen MR) is 90.8 cm³/mol. The summed E-state index contributed by atoms with van der Waals surface area (Å²) in [5.74, 6) is 0.0387. The number of alkyl halides is 3. The minimum absolute atomic E-state index is 0.00430. The Balaban J connectivity index is 1.86. The Labute approximate surface area is 149 Å². The van der Waals surface area contributed by atoms with Gasteiger partial charge in [-0.15, -0.1) is 0 Å². The molecule has 1 aliphatic heterocycles. The number of amides is 1. The van der Waals surface area contributed by atoms with Gasteiger partial charge in [0, 0.05) is 24.7 Å². The van der Waals surface area contributed by atoms with Crippen LogP contribution in [-0.4, -0.2) is 39.7 Å². The average Bonchev–Trinajstić information content (AvgIpc) is 3.11. The summed E-state index contributed by atoms with van der Waals surface area (Å²) in [7, 11) is 0. The van der Waals surface area contributed by atoms with E-state index < -0.39 is 11.9 Å². The van der Waals surface area contributed by atoms with Crippen molar-refractivity contribution in [1.82, 2.24) is 14.7 Å². The zero-order valence-electron chi connectivity index (χ0n) is 14.4. The fourth-order valence-electron chi connectivity index (χ4n) is 3.30. The van der Waals surface area contributed by atoms with Gasteiger partial charge in [-0.2, -0.15) is 18.3 Å². The van der Waals surface area contributed by atoms with Gasteiger partial charge in [-0.3, -0.25) is 4.79 Å². The van der Waals surface area contributed by atoms with Crippen LogP contribution < -0.4 is 5.73 Å². The van der Waals surface area contributed by atoms with Crippen LogP contribution in [0.3, 0.4) is 0 Å². The highest BCUT2D eigenvalue weighted by atomic mass is 19.4. The number of carbonyl (C=O) groups is 1. The molecule has 0 unspecified atom stereocenters. The number of likely N-dealkylation sites (tertiary alicyclic amines) is 1. The lowest BCUT2D eigenvalue weighted by Crippen LogP contribution is -2.45. The first-order valence-electron chi connectivity index (χ1n) is 8.54. The third-order valence-corrected chi connectivity index (χ3v) is 4.76. The van der Waals surface area contributed by atoms with Crippen LogP contribution in [-0.2, 0) is 6.18 Å². The number of nitrogens with zero attached hydrogens (tertiary/aromatic N) is 3. The van der Waals surface area contributed by atoms with E-state index in [-0.39, 0.29) is 23.6 Å². The van der Waals surface area contributed by atoms with E-state index in [1.54, 1.807) is 17.0 Å². The van der Waals surface area contributed by atoms with E-state index in [1.165, 1.54) is 12.1 Å². The maximum atomic E-state index is 13.1. The quantitative estimate of drug-likeness (QED) is 0.908. The number of piperidine rings is 1. The molecule has 1 aromatic carbocycles. The molecule has 2 N–H and O–H groups in total. The van der Waals surface area contributed by atoms with Crippen LogP contribution in [0.25, 0.3) is 5.69 Å². The smallest absolute Gasteiger partial charge is 0.338 e. The highest BCUT2D eigenvalue weighted by Crippen LogP contribution is 2.30. The molecular formula is C18H21F3N4O. The Morgan fingerprint density at radius 1 is 1.35 bits per heavy atom. The molecule has 140 valence electrons. The van der Waals surface area contributed by atoms with Gasteiger partial charge in [-0.05, 0) is 49.9 Å². The summed E-state index contributed by atoms with van der Waals surface area (Å²) >= 11 is 0. The molecule has 0 radical (unpaired) electrons. The standard InChI is InChI=1S/C18H21F3N4O/c1-12(22)14-5-3-9-24(11-14)17(26)13-4-2-6-15(10-13)25-16(7-8-23-25)18(19,20)21/h2,4,6-8,10,12,14H,3,5,9,11,22H2,1H3/t12-,14+/m0/s1. The van der Waals surface area contributed by atoms with Crippen molar-refractivity contribution in [2.45, 2.75) is 32.0 Å². The number of benzene rings is 1. The van der Waals surface area contributed by atoms with Crippen LogP contribution in [0.2, 0.25) is 0 Å². The molecular weight excluding hydrogens is 345 g/mol. The van der Waals surface area contributed by atoms with Crippen LogP contribution in [0.15, 0.2) is 36.5 Å². The summed E-state index contributed by atoms with van der Waals surface area (Å²) in [5, 5.41) is 3.76. The monoisotopic (exact) mass is 366 g/mol. The molecule has 1 aliphatic rings. The summed E-state index contributed by atoms with van der Waals surface area (Å²) in [6.07, 6.45) is -1.58. The molecule has 1 aromatic heterocycles. The number of halogens is 3. The highest BCUT2D eigenvalue weighted by Gasteiger charge is 2.35. The van der Waals surface area contributed by atoms with Crippen LogP contribution in [0, 0.1) is 5.92 Å². The summed E-state index contributed by atoms with van der Waals surface area (Å²) in [6.45, 7) is 3.12. The summed E-state index contributed by atoms with van der Waals surface area (Å²) < 4.78 is 40.1. The second-order valence-corrected chi connectivity index (χ2v) is 6.69. The lowest BCUT2D eigenvalue weighted by Gasteiger charge is -2.34. The molecule has 2 atom stereocenters. The van der Waals surface area contributed by atoms with Crippen molar-refractivity contribution in [2.75, 3.05) is 13.1 Å². The van der Waals surface area contributed by atoms with Gasteiger partial charge in [0.05, 0.1) is 11.9 Å². The zero-order chi connectivity index (χ0) is 18.9. The topological polar surface area (TPSA) is 64.2 Å². The number of hydrogen-bond acceptors (Lipinski definition) is 3. The molecule has 0 aliphatic carbocycles. The molecule has 1 fully saturated rings. The van der Waals surface area contributed by atoms with E-state index in [4.69, 9.17) is 5.73 Å². The van der Waals surface area contributed by atoms with Gasteiger partial charge in [-0.25, -0.2) is 4.68 Å². The molecule has 3 rings (SSSR count). The summed E-state index contributed by atoms with van der Waals surface area (Å²) in [4.78, 5) is 14.5. The van der Waals surface area contributed by atoms with Crippen LogP contribution >= 0.6 is 0 Å². The van der Waals surface area contributed by atoms with Gasteiger partial charge in [0.2, 0.25) is 0 Å². The van der Waals surface area contributed by atoms with E-state index in [1.807, 2.05) is 6.92 Å². The lowest BCUT2D eigenvalue weighted by atomic mass is 9.92. The highest BCUT2D eigenvalue weighted by molar-refractivity contribution is 5.94. The first kappa shape index (κ1) is 18.4. The van der Waals surface area contributed by atoms with Gasteiger partial charge >= 0.3 is 6.18 Å². The van der Waals surface area contributed by atoms with Crippen molar-refractivity contribution in [3.63, 3.8) is 0 Å². The molecule has 0 bridgehead atoms. The zero-order valence-corrected chi connectivity index (χ0v) is 14.4. The molecule has 0 saturated carbocycles. The van der Waals surface area contributed by atoms with Crippen LogP contribution in [0.4, 0.5) is 13.2 Å². The van der Waals surface area contributed by atoms with Gasteiger partial charge in [0.15, 0.2) is 0 Å². The number of rotatable bonds is 3. The minimum Gasteiger partial charge on any atom is -0.338 e. The molecule has 2 aromatic rings. The fraction of sp³-hybridized carbons (Fsp3) is 0.444. The van der Waals surface area contributed by atoms with Crippen molar-refractivity contribution >= 4 is 5.91 Å². The number of carbonyl (C=O) groups excluding carboxylic acids is 1. The van der Waals surface area contributed by atoms with Crippen molar-refractivity contribution < 1.29 is 18.0 Å². The van der Waals surface area contributed by atoms with Crippen molar-refractivity contribution in [2.24, 2.45) is 11.7 Å². The van der Waals surface area contributed by atoms with Gasteiger partial charge in [-0.1, -0.05) is 6.07 Å². The van der Waals surface area contributed by atoms with Crippen molar-refractivity contribution in [3.8, 4) is 5.69 Å². The normalized spacial score (nSPS) is 19.4. The first-order valence-corrected chi connectivity index (χ1v) is 8.54. The van der Waals surface area contributed by atoms with E-state index in [9.17, 15) is 18.0 Å². The first-order chi connectivity index (χ1) is 12.3. The maximum absolute atomic E-state index is 13.1. The van der Waals surface area contributed by atoms with E-state index in [0.29, 0.717) is 18.7 Å². The van der Waals surface area contributed by atoms with Gasteiger partial charge in [0.1, 0.15) is 5.69 Å². The molecule has 0 spiro atoms. The third-order valence-electron chi connectivity index (χ3n) is 4.76. The Morgan fingerprint density at radius 3 is 2.81 bits per heavy atom. The maximum Gasteiger partial charge on any atom is 0.433 e. The Hall–Kier alpha value is -2.35. The second-order valence-electron chi connectivity index (χ2n) is 6.69. The molecule has 1 saturated heterocycles. The second kappa shape index (κ2) is 7.11. The molecule has 26 heavy (non-hydrogen) atoms. The average molecular weight is 366 g/mol. The molecule has 1 amide bonds. The Bertz CT molecular complexity index is 785. The summed E-state index contributed by atoms with van der Waals surface area (Å²) in [6, 6.07) is 7.03. The van der Waals surface area contributed by atoms with Gasteiger partial charge < -0.3 is 10.6 Å².